The summed E-state index contributed by atoms with van der Waals surface area (Å²) in [7, 11) is 0. The monoisotopic (exact) mass is 279 g/mol. The maximum Gasteiger partial charge on any atom is 0.240 e. The van der Waals surface area contributed by atoms with E-state index in [1.807, 2.05) is 6.07 Å². The molecule has 19 heavy (non-hydrogen) atoms. The number of nitrogens with zero attached hydrogens (tertiary/aromatic N) is 2. The minimum absolute atomic E-state index is 0.229. The number of benzene rings is 1. The Hall–Kier alpha value is -1.40. The van der Waals surface area contributed by atoms with Crippen LogP contribution in [-0.2, 0) is 12.3 Å². The van der Waals surface area contributed by atoms with Gasteiger partial charge in [-0.25, -0.2) is 4.39 Å². The third-order valence-corrected chi connectivity index (χ3v) is 3.78. The summed E-state index contributed by atoms with van der Waals surface area (Å²) >= 11 is 1.49. The van der Waals surface area contributed by atoms with E-state index < -0.39 is 0 Å². The normalized spacial score (nSPS) is 14.8. The average molecular weight is 279 g/mol. The number of rotatable bonds is 6. The molecule has 1 aromatic heterocycles. The van der Waals surface area contributed by atoms with Gasteiger partial charge in [0.05, 0.1) is 12.3 Å². The highest BCUT2D eigenvalue weighted by Crippen LogP contribution is 2.22. The molecule has 6 heteroatoms. The molecule has 1 aliphatic carbocycles. The lowest BCUT2D eigenvalue weighted by Gasteiger charge is -1.97. The van der Waals surface area contributed by atoms with Crippen molar-refractivity contribution in [3.05, 3.63) is 41.8 Å². The number of hydrogen-bond acceptors (Lipinski definition) is 5. The SMILES string of the molecule is Fc1cccc(SCc2noc(CNC3CC3)n2)c1. The second-order valence-corrected chi connectivity index (χ2v) is 5.55. The van der Waals surface area contributed by atoms with Crippen LogP contribution in [0.3, 0.4) is 0 Å². The van der Waals surface area contributed by atoms with Gasteiger partial charge in [-0.3, -0.25) is 0 Å². The van der Waals surface area contributed by atoms with Crippen LogP contribution in [0.1, 0.15) is 24.6 Å². The minimum atomic E-state index is -0.229. The first-order chi connectivity index (χ1) is 9.29. The van der Waals surface area contributed by atoms with Crippen LogP contribution < -0.4 is 5.32 Å². The van der Waals surface area contributed by atoms with Crippen molar-refractivity contribution < 1.29 is 8.91 Å². The van der Waals surface area contributed by atoms with Crippen LogP contribution in [-0.4, -0.2) is 16.2 Å². The lowest BCUT2D eigenvalue weighted by Crippen LogP contribution is -2.15. The molecule has 0 unspecified atom stereocenters. The number of aromatic nitrogens is 2. The van der Waals surface area contributed by atoms with Crippen LogP contribution in [0.2, 0.25) is 0 Å². The third kappa shape index (κ3) is 3.78. The van der Waals surface area contributed by atoms with Crippen molar-refractivity contribution >= 4 is 11.8 Å². The minimum Gasteiger partial charge on any atom is -0.338 e. The van der Waals surface area contributed by atoms with Crippen molar-refractivity contribution in [1.29, 1.82) is 0 Å². The molecule has 3 rings (SSSR count). The Kier molecular flexibility index (Phi) is 3.79. The van der Waals surface area contributed by atoms with Gasteiger partial charge in [0, 0.05) is 10.9 Å². The van der Waals surface area contributed by atoms with Crippen molar-refractivity contribution in [2.24, 2.45) is 0 Å². The molecule has 1 fully saturated rings. The Balaban J connectivity index is 1.51. The summed E-state index contributed by atoms with van der Waals surface area (Å²) in [6.07, 6.45) is 2.47. The summed E-state index contributed by atoms with van der Waals surface area (Å²) in [6, 6.07) is 7.11. The lowest BCUT2D eigenvalue weighted by atomic mass is 10.4. The first kappa shape index (κ1) is 12.6. The van der Waals surface area contributed by atoms with Gasteiger partial charge in [0.2, 0.25) is 5.89 Å². The highest BCUT2D eigenvalue weighted by molar-refractivity contribution is 7.98. The zero-order chi connectivity index (χ0) is 13.1. The van der Waals surface area contributed by atoms with Crippen LogP contribution in [0.25, 0.3) is 0 Å². The molecule has 0 saturated heterocycles. The number of nitrogens with one attached hydrogen (secondary N) is 1. The van der Waals surface area contributed by atoms with Gasteiger partial charge in [-0.1, -0.05) is 11.2 Å². The second-order valence-electron chi connectivity index (χ2n) is 4.51. The van der Waals surface area contributed by atoms with Crippen molar-refractivity contribution in [2.45, 2.75) is 36.1 Å². The Labute approximate surface area is 114 Å². The van der Waals surface area contributed by atoms with Crippen molar-refractivity contribution in [1.82, 2.24) is 15.5 Å². The second kappa shape index (κ2) is 5.71. The molecule has 4 nitrogen and oxygen atoms in total. The number of hydrogen-bond donors (Lipinski definition) is 1. The first-order valence-corrected chi connectivity index (χ1v) is 7.21. The average Bonchev–Trinajstić information content (AvgIpc) is 3.13. The van der Waals surface area contributed by atoms with Crippen LogP contribution in [0.5, 0.6) is 0 Å². The molecule has 0 aliphatic heterocycles. The predicted molar refractivity (Wildman–Crippen MR) is 70.1 cm³/mol. The summed E-state index contributed by atoms with van der Waals surface area (Å²) < 4.78 is 18.2. The van der Waals surface area contributed by atoms with Crippen LogP contribution >= 0.6 is 11.8 Å². The zero-order valence-electron chi connectivity index (χ0n) is 10.3. The highest BCUT2D eigenvalue weighted by atomic mass is 32.2. The smallest absolute Gasteiger partial charge is 0.240 e. The summed E-state index contributed by atoms with van der Waals surface area (Å²) in [5.74, 6) is 1.60. The summed E-state index contributed by atoms with van der Waals surface area (Å²) in [4.78, 5) is 5.16. The molecule has 1 aliphatic rings. The van der Waals surface area contributed by atoms with Crippen LogP contribution in [0, 0.1) is 5.82 Å². The standard InChI is InChI=1S/C13H14FN3OS/c14-9-2-1-3-11(6-9)19-8-12-16-13(18-17-12)7-15-10-4-5-10/h1-3,6,10,15H,4-5,7-8H2. The maximum atomic E-state index is 13.0. The molecule has 0 spiro atoms. The first-order valence-electron chi connectivity index (χ1n) is 6.23. The largest absolute Gasteiger partial charge is 0.338 e. The Morgan fingerprint density at radius 1 is 1.42 bits per heavy atom. The summed E-state index contributed by atoms with van der Waals surface area (Å²) in [5.41, 5.74) is 0. The molecule has 0 atom stereocenters. The van der Waals surface area contributed by atoms with Gasteiger partial charge in [-0.15, -0.1) is 11.8 Å². The van der Waals surface area contributed by atoms with E-state index in [1.54, 1.807) is 6.07 Å². The van der Waals surface area contributed by atoms with Crippen LogP contribution in [0.4, 0.5) is 4.39 Å². The van der Waals surface area contributed by atoms with Crippen molar-refractivity contribution in [3.8, 4) is 0 Å². The van der Waals surface area contributed by atoms with Crippen molar-refractivity contribution in [3.63, 3.8) is 0 Å². The van der Waals surface area contributed by atoms with E-state index in [2.05, 4.69) is 15.5 Å². The zero-order valence-corrected chi connectivity index (χ0v) is 11.1. The van der Waals surface area contributed by atoms with Gasteiger partial charge in [0.15, 0.2) is 5.82 Å². The Bertz CT molecular complexity index is 556. The van der Waals surface area contributed by atoms with Crippen molar-refractivity contribution in [2.75, 3.05) is 0 Å². The molecular formula is C13H14FN3OS. The van der Waals surface area contributed by atoms with E-state index in [1.165, 1.54) is 36.7 Å². The fourth-order valence-corrected chi connectivity index (χ4v) is 2.43. The van der Waals surface area contributed by atoms with Gasteiger partial charge in [0.1, 0.15) is 5.82 Å². The van der Waals surface area contributed by atoms with Gasteiger partial charge in [-0.2, -0.15) is 4.98 Å². The van der Waals surface area contributed by atoms with E-state index in [9.17, 15) is 4.39 Å². The molecule has 1 aromatic carbocycles. The quantitative estimate of drug-likeness (QED) is 0.824. The van der Waals surface area contributed by atoms with E-state index in [0.29, 0.717) is 30.1 Å². The number of thioether (sulfide) groups is 1. The van der Waals surface area contributed by atoms with Gasteiger partial charge in [0.25, 0.3) is 0 Å². The lowest BCUT2D eigenvalue weighted by molar-refractivity contribution is 0.363. The fourth-order valence-electron chi connectivity index (χ4n) is 1.64. The summed E-state index contributed by atoms with van der Waals surface area (Å²) in [6.45, 7) is 0.627. The van der Waals surface area contributed by atoms with E-state index >= 15 is 0 Å². The maximum absolute atomic E-state index is 13.0. The van der Waals surface area contributed by atoms with Gasteiger partial charge in [-0.05, 0) is 31.0 Å². The molecule has 0 radical (unpaired) electrons. The highest BCUT2D eigenvalue weighted by Gasteiger charge is 2.21. The topological polar surface area (TPSA) is 51.0 Å². The van der Waals surface area contributed by atoms with E-state index in [-0.39, 0.29) is 5.82 Å². The molecule has 100 valence electrons. The molecule has 0 bridgehead atoms. The predicted octanol–water partition coefficient (Wildman–Crippen LogP) is 2.75. The molecule has 1 N–H and O–H groups in total. The summed E-state index contributed by atoms with van der Waals surface area (Å²) in [5, 5.41) is 7.23. The molecule has 1 heterocycles. The van der Waals surface area contributed by atoms with Crippen LogP contribution in [0.15, 0.2) is 33.7 Å². The molecule has 1 saturated carbocycles. The fraction of sp³-hybridized carbons (Fsp3) is 0.385. The number of halogens is 1. The van der Waals surface area contributed by atoms with E-state index in [0.717, 1.165) is 4.90 Å². The molecule has 0 amide bonds. The third-order valence-electron chi connectivity index (χ3n) is 2.79. The Morgan fingerprint density at radius 2 is 2.32 bits per heavy atom. The van der Waals surface area contributed by atoms with Gasteiger partial charge < -0.3 is 9.84 Å². The Morgan fingerprint density at radius 3 is 3.11 bits per heavy atom. The van der Waals surface area contributed by atoms with E-state index in [4.69, 9.17) is 4.52 Å². The molecule has 2 aromatic rings. The molecular weight excluding hydrogens is 265 g/mol. The van der Waals surface area contributed by atoms with Gasteiger partial charge >= 0.3 is 0 Å².